The molecular formula is C10H19N3O3S. The molecule has 0 aliphatic carbocycles. The number of piperazine rings is 1. The number of carbonyl (C=O) groups is 1. The van der Waals surface area contributed by atoms with Crippen molar-refractivity contribution in [1.82, 2.24) is 9.80 Å². The third kappa shape index (κ3) is 2.46. The molecule has 0 saturated carbocycles. The summed E-state index contributed by atoms with van der Waals surface area (Å²) in [5.41, 5.74) is 5.59. The normalized spacial score (nSPS) is 34.2. The minimum absolute atomic E-state index is 0.0247. The highest BCUT2D eigenvalue weighted by Crippen LogP contribution is 2.21. The Labute approximate surface area is 102 Å². The van der Waals surface area contributed by atoms with E-state index in [1.807, 2.05) is 11.9 Å². The Bertz CT molecular complexity index is 409. The number of nitrogens with two attached hydrogens (primary N) is 1. The molecule has 2 atom stereocenters. The van der Waals surface area contributed by atoms with E-state index in [0.717, 1.165) is 6.54 Å². The van der Waals surface area contributed by atoms with Crippen molar-refractivity contribution in [2.24, 2.45) is 5.73 Å². The third-order valence-corrected chi connectivity index (χ3v) is 5.42. The van der Waals surface area contributed by atoms with Crippen molar-refractivity contribution >= 4 is 15.7 Å². The lowest BCUT2D eigenvalue weighted by Crippen LogP contribution is -2.60. The first-order chi connectivity index (χ1) is 7.94. The molecule has 7 heteroatoms. The quantitative estimate of drug-likeness (QED) is 0.639. The molecule has 0 aromatic carbocycles. The van der Waals surface area contributed by atoms with Gasteiger partial charge in [0.1, 0.15) is 6.04 Å². The van der Waals surface area contributed by atoms with Crippen LogP contribution in [0.5, 0.6) is 0 Å². The van der Waals surface area contributed by atoms with Crippen LogP contribution in [0.4, 0.5) is 0 Å². The average Bonchev–Trinajstić information content (AvgIpc) is 2.59. The third-order valence-electron chi connectivity index (χ3n) is 3.67. The highest BCUT2D eigenvalue weighted by molar-refractivity contribution is 7.91. The van der Waals surface area contributed by atoms with Crippen LogP contribution in [0.1, 0.15) is 6.42 Å². The van der Waals surface area contributed by atoms with Crippen molar-refractivity contribution in [3.05, 3.63) is 0 Å². The van der Waals surface area contributed by atoms with Gasteiger partial charge in [-0.1, -0.05) is 0 Å². The predicted molar refractivity (Wildman–Crippen MR) is 64.2 cm³/mol. The Hall–Kier alpha value is -0.660. The zero-order valence-electron chi connectivity index (χ0n) is 10.0. The topological polar surface area (TPSA) is 83.7 Å². The highest BCUT2D eigenvalue weighted by atomic mass is 32.2. The van der Waals surface area contributed by atoms with Gasteiger partial charge in [0, 0.05) is 25.7 Å². The number of likely N-dealkylation sites (N-methyl/N-ethyl adjacent to an activating group) is 1. The summed E-state index contributed by atoms with van der Waals surface area (Å²) in [5, 5.41) is 0. The van der Waals surface area contributed by atoms with E-state index in [-0.39, 0.29) is 36.0 Å². The Kier molecular flexibility index (Phi) is 3.42. The summed E-state index contributed by atoms with van der Waals surface area (Å²) in [6.45, 7) is 1.64. The van der Waals surface area contributed by atoms with Gasteiger partial charge in [0.15, 0.2) is 9.84 Å². The monoisotopic (exact) mass is 261 g/mol. The summed E-state index contributed by atoms with van der Waals surface area (Å²) in [5.74, 6) is 0.285. The molecule has 2 N–H and O–H groups in total. The van der Waals surface area contributed by atoms with Gasteiger partial charge in [-0.2, -0.15) is 0 Å². The molecule has 6 nitrogen and oxygen atoms in total. The van der Waals surface area contributed by atoms with Gasteiger partial charge in [-0.3, -0.25) is 9.69 Å². The molecule has 2 aliphatic heterocycles. The smallest absolute Gasteiger partial charge is 0.241 e. The Morgan fingerprint density at radius 1 is 1.41 bits per heavy atom. The van der Waals surface area contributed by atoms with E-state index >= 15 is 0 Å². The van der Waals surface area contributed by atoms with E-state index in [1.54, 1.807) is 4.90 Å². The van der Waals surface area contributed by atoms with E-state index in [9.17, 15) is 13.2 Å². The van der Waals surface area contributed by atoms with Gasteiger partial charge >= 0.3 is 0 Å². The molecular weight excluding hydrogens is 242 g/mol. The second-order valence-electron chi connectivity index (χ2n) is 4.82. The second kappa shape index (κ2) is 4.55. The van der Waals surface area contributed by atoms with Gasteiger partial charge in [-0.25, -0.2) is 8.42 Å². The Morgan fingerprint density at radius 2 is 2.12 bits per heavy atom. The fraction of sp³-hybridized carbons (Fsp3) is 0.900. The number of carbonyl (C=O) groups excluding carboxylic acids is 1. The molecule has 2 unspecified atom stereocenters. The SMILES string of the molecule is CN1CCN(C2CCS(=O)(=O)C2)C(=O)C1CN. The van der Waals surface area contributed by atoms with E-state index in [1.165, 1.54) is 0 Å². The molecule has 2 heterocycles. The summed E-state index contributed by atoms with van der Waals surface area (Å²) >= 11 is 0. The lowest BCUT2D eigenvalue weighted by Gasteiger charge is -2.40. The zero-order chi connectivity index (χ0) is 12.6. The van der Waals surface area contributed by atoms with E-state index in [2.05, 4.69) is 0 Å². The maximum atomic E-state index is 12.2. The van der Waals surface area contributed by atoms with Gasteiger partial charge in [0.25, 0.3) is 0 Å². The zero-order valence-corrected chi connectivity index (χ0v) is 10.8. The van der Waals surface area contributed by atoms with Gasteiger partial charge in [-0.05, 0) is 13.5 Å². The predicted octanol–water partition coefficient (Wildman–Crippen LogP) is -1.73. The molecule has 0 spiro atoms. The first-order valence-electron chi connectivity index (χ1n) is 5.86. The van der Waals surface area contributed by atoms with E-state index < -0.39 is 9.84 Å². The lowest BCUT2D eigenvalue weighted by atomic mass is 10.1. The number of hydrogen-bond acceptors (Lipinski definition) is 5. The molecule has 2 rings (SSSR count). The van der Waals surface area contributed by atoms with Gasteiger partial charge in [-0.15, -0.1) is 0 Å². The first kappa shape index (κ1) is 12.8. The van der Waals surface area contributed by atoms with Crippen molar-refractivity contribution in [1.29, 1.82) is 0 Å². The molecule has 0 aromatic heterocycles. The standard InChI is InChI=1S/C10H19N3O3S/c1-12-3-4-13(10(14)9(12)6-11)8-2-5-17(15,16)7-8/h8-9H,2-7,11H2,1H3. The van der Waals surface area contributed by atoms with Crippen LogP contribution in [0.3, 0.4) is 0 Å². The number of sulfone groups is 1. The summed E-state index contributed by atoms with van der Waals surface area (Å²) in [6.07, 6.45) is 0.565. The molecule has 2 fully saturated rings. The van der Waals surface area contributed by atoms with Crippen molar-refractivity contribution in [2.45, 2.75) is 18.5 Å². The fourth-order valence-corrected chi connectivity index (χ4v) is 4.31. The van der Waals surface area contributed by atoms with Gasteiger partial charge in [0.05, 0.1) is 11.5 Å². The lowest BCUT2D eigenvalue weighted by molar-refractivity contribution is -0.142. The molecule has 0 aromatic rings. The minimum atomic E-state index is -2.94. The molecule has 0 radical (unpaired) electrons. The molecule has 1 amide bonds. The van der Waals surface area contributed by atoms with Crippen LogP contribution in [-0.2, 0) is 14.6 Å². The molecule has 17 heavy (non-hydrogen) atoms. The van der Waals surface area contributed by atoms with Crippen LogP contribution in [0.2, 0.25) is 0 Å². The number of hydrogen-bond donors (Lipinski definition) is 1. The van der Waals surface area contributed by atoms with Crippen molar-refractivity contribution in [3.63, 3.8) is 0 Å². The minimum Gasteiger partial charge on any atom is -0.336 e. The first-order valence-corrected chi connectivity index (χ1v) is 7.68. The fourth-order valence-electron chi connectivity index (χ4n) is 2.58. The van der Waals surface area contributed by atoms with Crippen LogP contribution >= 0.6 is 0 Å². The van der Waals surface area contributed by atoms with Gasteiger partial charge < -0.3 is 10.6 Å². The van der Waals surface area contributed by atoms with Crippen molar-refractivity contribution in [3.8, 4) is 0 Å². The number of nitrogens with zero attached hydrogens (tertiary/aromatic N) is 2. The summed E-state index contributed by atoms with van der Waals surface area (Å²) in [6, 6.07) is -0.442. The molecule has 98 valence electrons. The molecule has 2 saturated heterocycles. The molecule has 2 aliphatic rings. The summed E-state index contributed by atoms with van der Waals surface area (Å²) < 4.78 is 22.9. The van der Waals surface area contributed by atoms with Crippen LogP contribution in [0, 0.1) is 0 Å². The van der Waals surface area contributed by atoms with Gasteiger partial charge in [0.2, 0.25) is 5.91 Å². The van der Waals surface area contributed by atoms with E-state index in [0.29, 0.717) is 13.0 Å². The van der Waals surface area contributed by atoms with Crippen LogP contribution in [-0.4, -0.2) is 74.4 Å². The maximum absolute atomic E-state index is 12.2. The van der Waals surface area contributed by atoms with E-state index in [4.69, 9.17) is 5.73 Å². The Balaban J connectivity index is 2.10. The van der Waals surface area contributed by atoms with Crippen molar-refractivity contribution in [2.75, 3.05) is 38.2 Å². The summed E-state index contributed by atoms with van der Waals surface area (Å²) in [7, 11) is -1.07. The van der Waals surface area contributed by atoms with Crippen LogP contribution in [0.15, 0.2) is 0 Å². The van der Waals surface area contributed by atoms with Crippen LogP contribution in [0.25, 0.3) is 0 Å². The van der Waals surface area contributed by atoms with Crippen molar-refractivity contribution < 1.29 is 13.2 Å². The molecule has 0 bridgehead atoms. The van der Waals surface area contributed by atoms with Crippen LogP contribution < -0.4 is 5.73 Å². The Morgan fingerprint density at radius 3 is 2.65 bits per heavy atom. The number of rotatable bonds is 2. The number of amides is 1. The maximum Gasteiger partial charge on any atom is 0.241 e. The highest BCUT2D eigenvalue weighted by Gasteiger charge is 2.39. The largest absolute Gasteiger partial charge is 0.336 e. The summed E-state index contributed by atoms with van der Waals surface area (Å²) in [4.78, 5) is 15.8. The average molecular weight is 261 g/mol. The second-order valence-corrected chi connectivity index (χ2v) is 7.05.